The Morgan fingerprint density at radius 3 is 2.87 bits per heavy atom. The van der Waals surface area contributed by atoms with E-state index in [1.165, 1.54) is 0 Å². The first-order valence-corrected chi connectivity index (χ1v) is 5.70. The van der Waals surface area contributed by atoms with Gasteiger partial charge in [0.1, 0.15) is 0 Å². The number of rotatable bonds is 5. The van der Waals surface area contributed by atoms with Gasteiger partial charge in [-0.15, -0.1) is 0 Å². The second-order valence-electron chi connectivity index (χ2n) is 4.11. The van der Waals surface area contributed by atoms with Crippen LogP contribution in [0.15, 0.2) is 0 Å². The molecule has 0 aromatic carbocycles. The van der Waals surface area contributed by atoms with E-state index in [4.69, 9.17) is 14.2 Å². The first-order chi connectivity index (χ1) is 7.24. The molecule has 90 valence electrons. The lowest BCUT2D eigenvalue weighted by molar-refractivity contribution is -0.149. The summed E-state index contributed by atoms with van der Waals surface area (Å²) in [5, 5.41) is 0. The highest BCUT2D eigenvalue weighted by molar-refractivity contribution is 4.67. The molecule has 0 unspecified atom stereocenters. The minimum Gasteiger partial charge on any atom is -0.382 e. The van der Waals surface area contributed by atoms with E-state index in [9.17, 15) is 0 Å². The highest BCUT2D eigenvalue weighted by atomic mass is 16.7. The number of methoxy groups -OCH3 is 1. The summed E-state index contributed by atoms with van der Waals surface area (Å²) in [4.78, 5) is 2.39. The monoisotopic (exact) mass is 217 g/mol. The lowest BCUT2D eigenvalue weighted by Gasteiger charge is -2.26. The number of nitrogens with zero attached hydrogens (tertiary/aromatic N) is 1. The van der Waals surface area contributed by atoms with Crippen LogP contribution in [0.3, 0.4) is 0 Å². The van der Waals surface area contributed by atoms with E-state index < -0.39 is 0 Å². The molecule has 0 N–H and O–H groups in total. The van der Waals surface area contributed by atoms with E-state index in [0.29, 0.717) is 19.3 Å². The van der Waals surface area contributed by atoms with Crippen LogP contribution >= 0.6 is 0 Å². The molecule has 15 heavy (non-hydrogen) atoms. The highest BCUT2D eigenvalue weighted by Gasteiger charge is 2.20. The summed E-state index contributed by atoms with van der Waals surface area (Å²) in [6.45, 7) is 8.40. The van der Waals surface area contributed by atoms with E-state index in [1.807, 2.05) is 0 Å². The Kier molecular flexibility index (Phi) is 6.17. The fourth-order valence-electron chi connectivity index (χ4n) is 1.65. The maximum Gasteiger partial charge on any atom is 0.170 e. The van der Waals surface area contributed by atoms with Gasteiger partial charge >= 0.3 is 0 Å². The molecule has 1 rings (SSSR count). The molecule has 4 heteroatoms. The van der Waals surface area contributed by atoms with E-state index in [-0.39, 0.29) is 6.29 Å². The predicted octanol–water partition coefficient (Wildman–Crippen LogP) is 1.11. The molecular weight excluding hydrogens is 194 g/mol. The lowest BCUT2D eigenvalue weighted by atomic mass is 10.3. The van der Waals surface area contributed by atoms with Gasteiger partial charge in [0, 0.05) is 26.2 Å². The van der Waals surface area contributed by atoms with Crippen molar-refractivity contribution in [1.29, 1.82) is 0 Å². The summed E-state index contributed by atoms with van der Waals surface area (Å²) in [5.41, 5.74) is 0. The fraction of sp³-hybridized carbons (Fsp3) is 1.00. The van der Waals surface area contributed by atoms with Crippen LogP contribution in [0.5, 0.6) is 0 Å². The Balaban J connectivity index is 2.29. The molecule has 0 aromatic rings. The SMILES string of the molecule is COCCO[C@H]1CN(C(C)C)CCCO1. The van der Waals surface area contributed by atoms with Crippen LogP contribution in [-0.4, -0.2) is 57.3 Å². The molecule has 4 nitrogen and oxygen atoms in total. The van der Waals surface area contributed by atoms with Crippen LogP contribution in [0, 0.1) is 0 Å². The van der Waals surface area contributed by atoms with Crippen molar-refractivity contribution < 1.29 is 14.2 Å². The topological polar surface area (TPSA) is 30.9 Å². The summed E-state index contributed by atoms with van der Waals surface area (Å²) in [6, 6.07) is 0.556. The zero-order valence-corrected chi connectivity index (χ0v) is 10.1. The average molecular weight is 217 g/mol. The Morgan fingerprint density at radius 1 is 1.40 bits per heavy atom. The molecule has 0 radical (unpaired) electrons. The molecule has 0 aromatic heterocycles. The van der Waals surface area contributed by atoms with Crippen LogP contribution in [0.2, 0.25) is 0 Å². The van der Waals surface area contributed by atoms with Gasteiger partial charge in [-0.3, -0.25) is 4.90 Å². The fourth-order valence-corrected chi connectivity index (χ4v) is 1.65. The van der Waals surface area contributed by atoms with Crippen LogP contribution < -0.4 is 0 Å². The third-order valence-corrected chi connectivity index (χ3v) is 2.60. The zero-order valence-electron chi connectivity index (χ0n) is 10.1. The van der Waals surface area contributed by atoms with Gasteiger partial charge in [0.25, 0.3) is 0 Å². The second-order valence-corrected chi connectivity index (χ2v) is 4.11. The molecule has 1 heterocycles. The third kappa shape index (κ3) is 4.93. The summed E-state index contributed by atoms with van der Waals surface area (Å²) in [7, 11) is 1.68. The van der Waals surface area contributed by atoms with Gasteiger partial charge in [-0.1, -0.05) is 0 Å². The second kappa shape index (κ2) is 7.17. The van der Waals surface area contributed by atoms with Crippen molar-refractivity contribution in [1.82, 2.24) is 4.90 Å². The quantitative estimate of drug-likeness (QED) is 0.645. The molecule has 0 bridgehead atoms. The van der Waals surface area contributed by atoms with Gasteiger partial charge in [0.2, 0.25) is 0 Å². The third-order valence-electron chi connectivity index (χ3n) is 2.60. The molecule has 0 aliphatic carbocycles. The van der Waals surface area contributed by atoms with Gasteiger partial charge in [-0.05, 0) is 20.3 Å². The largest absolute Gasteiger partial charge is 0.382 e. The highest BCUT2D eigenvalue weighted by Crippen LogP contribution is 2.09. The number of hydrogen-bond acceptors (Lipinski definition) is 4. The van der Waals surface area contributed by atoms with Crippen LogP contribution in [-0.2, 0) is 14.2 Å². The minimum absolute atomic E-state index is 0.0925. The van der Waals surface area contributed by atoms with Crippen molar-refractivity contribution in [2.45, 2.75) is 32.6 Å². The molecule has 1 fully saturated rings. The molecule has 1 aliphatic rings. The van der Waals surface area contributed by atoms with Crippen LogP contribution in [0.25, 0.3) is 0 Å². The van der Waals surface area contributed by atoms with Crippen molar-refractivity contribution in [2.24, 2.45) is 0 Å². The predicted molar refractivity (Wildman–Crippen MR) is 58.9 cm³/mol. The summed E-state index contributed by atoms with van der Waals surface area (Å²) >= 11 is 0. The molecule has 1 atom stereocenters. The Bertz CT molecular complexity index is 164. The number of hydrogen-bond donors (Lipinski definition) is 0. The Morgan fingerprint density at radius 2 is 2.20 bits per heavy atom. The van der Waals surface area contributed by atoms with Crippen molar-refractivity contribution in [2.75, 3.05) is 40.0 Å². The van der Waals surface area contributed by atoms with Gasteiger partial charge in [0.15, 0.2) is 6.29 Å². The van der Waals surface area contributed by atoms with Crippen molar-refractivity contribution >= 4 is 0 Å². The zero-order chi connectivity index (χ0) is 11.1. The van der Waals surface area contributed by atoms with Gasteiger partial charge in [0.05, 0.1) is 19.8 Å². The summed E-state index contributed by atoms with van der Waals surface area (Å²) in [6.07, 6.45) is 0.993. The normalized spacial score (nSPS) is 24.4. The summed E-state index contributed by atoms with van der Waals surface area (Å²) in [5.74, 6) is 0. The Hall–Kier alpha value is -0.160. The number of ether oxygens (including phenoxy) is 3. The van der Waals surface area contributed by atoms with Gasteiger partial charge in [-0.2, -0.15) is 0 Å². The van der Waals surface area contributed by atoms with Crippen molar-refractivity contribution in [3.8, 4) is 0 Å². The standard InChI is InChI=1S/C11H23NO3/c1-10(2)12-5-4-6-14-11(9-12)15-8-7-13-3/h10-11H,4-9H2,1-3H3/t11-/m0/s1. The summed E-state index contributed by atoms with van der Waals surface area (Å²) < 4.78 is 16.1. The first kappa shape index (κ1) is 12.9. The maximum atomic E-state index is 5.61. The molecule has 1 aliphatic heterocycles. The smallest absolute Gasteiger partial charge is 0.170 e. The van der Waals surface area contributed by atoms with E-state index in [1.54, 1.807) is 7.11 Å². The van der Waals surface area contributed by atoms with E-state index >= 15 is 0 Å². The van der Waals surface area contributed by atoms with Gasteiger partial charge < -0.3 is 14.2 Å². The molecular formula is C11H23NO3. The molecule has 0 spiro atoms. The maximum absolute atomic E-state index is 5.61. The van der Waals surface area contributed by atoms with Crippen LogP contribution in [0.1, 0.15) is 20.3 Å². The van der Waals surface area contributed by atoms with E-state index in [2.05, 4.69) is 18.7 Å². The van der Waals surface area contributed by atoms with E-state index in [0.717, 1.165) is 26.1 Å². The van der Waals surface area contributed by atoms with Gasteiger partial charge in [-0.25, -0.2) is 0 Å². The lowest BCUT2D eigenvalue weighted by Crippen LogP contribution is -2.38. The average Bonchev–Trinajstić information content (AvgIpc) is 2.44. The Labute approximate surface area is 92.5 Å². The first-order valence-electron chi connectivity index (χ1n) is 5.70. The van der Waals surface area contributed by atoms with Crippen LogP contribution in [0.4, 0.5) is 0 Å². The molecule has 0 saturated carbocycles. The minimum atomic E-state index is -0.0925. The molecule has 1 saturated heterocycles. The van der Waals surface area contributed by atoms with Crippen molar-refractivity contribution in [3.05, 3.63) is 0 Å². The molecule has 0 amide bonds. The van der Waals surface area contributed by atoms with Crippen molar-refractivity contribution in [3.63, 3.8) is 0 Å².